The normalized spacial score (nSPS) is 19.1. The number of carbonyl (C=O) groups is 1. The van der Waals surface area contributed by atoms with E-state index < -0.39 is 9.96 Å². The van der Waals surface area contributed by atoms with Crippen LogP contribution >= 0.6 is 34.8 Å². The first-order chi connectivity index (χ1) is 11.9. The van der Waals surface area contributed by atoms with Crippen LogP contribution in [0.3, 0.4) is 0 Å². The van der Waals surface area contributed by atoms with Gasteiger partial charge in [-0.2, -0.15) is 0 Å². The Morgan fingerprint density at radius 3 is 2.72 bits per heavy atom. The standard InChI is InChI=1S/C18H19Cl3N2O2/c19-18(20,21)17(22-11-13-7-4-10-25-13)23-16(24)15-9-3-6-12-5-1-2-8-14(12)15/h1-3,5-6,8-9,13,17,22H,4,7,10-11H2,(H,23,24)/p+1/t13-,17+/m0/s1. The van der Waals surface area contributed by atoms with Gasteiger partial charge in [-0.15, -0.1) is 0 Å². The lowest BCUT2D eigenvalue weighted by Gasteiger charge is -2.24. The fourth-order valence-corrected chi connectivity index (χ4v) is 3.47. The number of rotatable bonds is 5. The molecular formula is C18H20Cl3N2O2+. The zero-order valence-electron chi connectivity index (χ0n) is 13.6. The third-order valence-corrected chi connectivity index (χ3v) is 5.04. The molecule has 1 aliphatic rings. The molecule has 0 aliphatic carbocycles. The molecule has 134 valence electrons. The van der Waals surface area contributed by atoms with Crippen LogP contribution in [0.2, 0.25) is 0 Å². The first kappa shape index (κ1) is 18.7. The maximum atomic E-state index is 12.8. The van der Waals surface area contributed by atoms with E-state index in [9.17, 15) is 4.79 Å². The van der Waals surface area contributed by atoms with Crippen LogP contribution in [0, 0.1) is 0 Å². The number of hydrogen-bond donors (Lipinski definition) is 2. The van der Waals surface area contributed by atoms with Crippen LogP contribution in [0.15, 0.2) is 42.5 Å². The molecule has 7 heteroatoms. The zero-order chi connectivity index (χ0) is 17.9. The number of amides is 1. The van der Waals surface area contributed by atoms with Gasteiger partial charge in [0.1, 0.15) is 12.6 Å². The lowest BCUT2D eigenvalue weighted by molar-refractivity contribution is -0.697. The molecule has 3 N–H and O–H groups in total. The van der Waals surface area contributed by atoms with Crippen molar-refractivity contribution in [2.45, 2.75) is 28.9 Å². The maximum Gasteiger partial charge on any atom is 0.262 e. The van der Waals surface area contributed by atoms with E-state index in [-0.39, 0.29) is 12.0 Å². The van der Waals surface area contributed by atoms with Crippen molar-refractivity contribution in [3.05, 3.63) is 48.0 Å². The van der Waals surface area contributed by atoms with Crippen molar-refractivity contribution in [2.24, 2.45) is 0 Å². The van der Waals surface area contributed by atoms with Gasteiger partial charge < -0.3 is 10.1 Å². The maximum absolute atomic E-state index is 12.8. The molecule has 0 radical (unpaired) electrons. The second kappa shape index (κ2) is 8.11. The summed E-state index contributed by atoms with van der Waals surface area (Å²) in [5, 5.41) is 6.52. The molecule has 1 saturated heterocycles. The topological polar surface area (TPSA) is 54.9 Å². The van der Waals surface area contributed by atoms with Gasteiger partial charge in [-0.25, -0.2) is 0 Å². The molecule has 1 amide bonds. The van der Waals surface area contributed by atoms with Gasteiger partial charge >= 0.3 is 0 Å². The van der Waals surface area contributed by atoms with Crippen LogP contribution in [-0.4, -0.2) is 35.1 Å². The Morgan fingerprint density at radius 2 is 2.00 bits per heavy atom. The highest BCUT2D eigenvalue weighted by atomic mass is 35.6. The second-order valence-electron chi connectivity index (χ2n) is 6.13. The molecular weight excluding hydrogens is 383 g/mol. The van der Waals surface area contributed by atoms with E-state index in [0.29, 0.717) is 12.1 Å². The summed E-state index contributed by atoms with van der Waals surface area (Å²) >= 11 is 18.2. The molecule has 2 aromatic carbocycles. The molecule has 0 unspecified atom stereocenters. The van der Waals surface area contributed by atoms with Crippen molar-refractivity contribution < 1.29 is 14.8 Å². The zero-order valence-corrected chi connectivity index (χ0v) is 15.8. The predicted molar refractivity (Wildman–Crippen MR) is 101 cm³/mol. The van der Waals surface area contributed by atoms with Crippen LogP contribution < -0.4 is 10.6 Å². The molecule has 4 nitrogen and oxygen atoms in total. The van der Waals surface area contributed by atoms with Gasteiger partial charge in [0.2, 0.25) is 6.17 Å². The Kier molecular flexibility index (Phi) is 6.08. The van der Waals surface area contributed by atoms with Crippen LogP contribution in [0.25, 0.3) is 10.8 Å². The first-order valence-corrected chi connectivity index (χ1v) is 9.39. The van der Waals surface area contributed by atoms with Gasteiger partial charge in [-0.05, 0) is 29.7 Å². The number of fused-ring (bicyclic) bond motifs is 1. The monoisotopic (exact) mass is 401 g/mol. The van der Waals surface area contributed by atoms with Gasteiger partial charge in [0.25, 0.3) is 9.70 Å². The summed E-state index contributed by atoms with van der Waals surface area (Å²) in [5.74, 6) is -0.267. The quantitative estimate of drug-likeness (QED) is 0.597. The Labute approximate surface area is 161 Å². The van der Waals surface area contributed by atoms with Crippen molar-refractivity contribution >= 4 is 51.5 Å². The van der Waals surface area contributed by atoms with E-state index in [1.807, 2.05) is 41.7 Å². The fraction of sp³-hybridized carbons (Fsp3) is 0.389. The van der Waals surface area contributed by atoms with Crippen molar-refractivity contribution in [2.75, 3.05) is 13.2 Å². The number of carbonyl (C=O) groups excluding carboxylic acids is 1. The van der Waals surface area contributed by atoms with Crippen LogP contribution in [0.1, 0.15) is 23.2 Å². The van der Waals surface area contributed by atoms with E-state index in [0.717, 1.165) is 30.2 Å². The summed E-state index contributed by atoms with van der Waals surface area (Å²) in [6.07, 6.45) is 1.46. The second-order valence-corrected chi connectivity index (χ2v) is 8.49. The number of quaternary nitrogens is 1. The smallest absolute Gasteiger partial charge is 0.262 e. The Bertz CT molecular complexity index is 737. The summed E-state index contributed by atoms with van der Waals surface area (Å²) in [6, 6.07) is 13.3. The first-order valence-electron chi connectivity index (χ1n) is 8.25. The minimum atomic E-state index is -1.63. The van der Waals surface area contributed by atoms with Crippen LogP contribution in [0.5, 0.6) is 0 Å². The number of hydrogen-bond acceptors (Lipinski definition) is 2. The lowest BCUT2D eigenvalue weighted by atomic mass is 10.0. The highest BCUT2D eigenvalue weighted by Gasteiger charge is 2.38. The third kappa shape index (κ3) is 4.78. The van der Waals surface area contributed by atoms with Crippen molar-refractivity contribution in [1.82, 2.24) is 5.32 Å². The molecule has 0 spiro atoms. The molecule has 25 heavy (non-hydrogen) atoms. The summed E-state index contributed by atoms with van der Waals surface area (Å²) in [7, 11) is 0. The Morgan fingerprint density at radius 1 is 1.24 bits per heavy atom. The molecule has 1 aliphatic heterocycles. The molecule has 0 bridgehead atoms. The lowest BCUT2D eigenvalue weighted by Crippen LogP contribution is -2.97. The summed E-state index contributed by atoms with van der Waals surface area (Å²) in [5.41, 5.74) is 0.558. The van der Waals surface area contributed by atoms with Crippen molar-refractivity contribution in [3.8, 4) is 0 Å². The number of alkyl halides is 3. The van der Waals surface area contributed by atoms with E-state index >= 15 is 0 Å². The van der Waals surface area contributed by atoms with Gasteiger partial charge in [-0.1, -0.05) is 71.2 Å². The largest absolute Gasteiger partial charge is 0.372 e. The van der Waals surface area contributed by atoms with Gasteiger partial charge in [0, 0.05) is 12.2 Å². The predicted octanol–water partition coefficient (Wildman–Crippen LogP) is 3.01. The SMILES string of the molecule is O=C(N[C@@H]([NH2+]C[C@@H]1CCCO1)C(Cl)(Cl)Cl)c1cccc2ccccc12. The van der Waals surface area contributed by atoms with Crippen molar-refractivity contribution in [1.29, 1.82) is 0 Å². The number of benzene rings is 2. The average Bonchev–Trinajstić information content (AvgIpc) is 3.10. The summed E-state index contributed by atoms with van der Waals surface area (Å²) in [4.78, 5) is 12.8. The summed E-state index contributed by atoms with van der Waals surface area (Å²) in [6.45, 7) is 1.40. The number of ether oxygens (including phenoxy) is 1. The fourth-order valence-electron chi connectivity index (χ4n) is 3.03. The van der Waals surface area contributed by atoms with Gasteiger partial charge in [-0.3, -0.25) is 10.1 Å². The minimum absolute atomic E-state index is 0.129. The van der Waals surface area contributed by atoms with E-state index in [1.165, 1.54) is 0 Å². The van der Waals surface area contributed by atoms with Crippen LogP contribution in [-0.2, 0) is 4.74 Å². The highest BCUT2D eigenvalue weighted by molar-refractivity contribution is 6.68. The molecule has 1 heterocycles. The number of halogens is 3. The van der Waals surface area contributed by atoms with Crippen molar-refractivity contribution in [3.63, 3.8) is 0 Å². The molecule has 0 aromatic heterocycles. The van der Waals surface area contributed by atoms with Gasteiger partial charge in [0.15, 0.2) is 0 Å². The summed E-state index contributed by atoms with van der Waals surface area (Å²) < 4.78 is 3.96. The molecule has 0 saturated carbocycles. The average molecular weight is 403 g/mol. The molecule has 1 fully saturated rings. The molecule has 2 atom stereocenters. The number of nitrogens with one attached hydrogen (secondary N) is 1. The van der Waals surface area contributed by atoms with E-state index in [1.54, 1.807) is 6.07 Å². The Balaban J connectivity index is 1.74. The minimum Gasteiger partial charge on any atom is -0.372 e. The third-order valence-electron chi connectivity index (χ3n) is 4.33. The van der Waals surface area contributed by atoms with E-state index in [4.69, 9.17) is 39.5 Å². The number of nitrogens with two attached hydrogens (primary N) is 1. The molecule has 3 rings (SSSR count). The highest BCUT2D eigenvalue weighted by Crippen LogP contribution is 2.28. The Hall–Kier alpha value is -1.04. The van der Waals surface area contributed by atoms with E-state index in [2.05, 4.69) is 5.32 Å². The van der Waals surface area contributed by atoms with Gasteiger partial charge in [0.05, 0.1) is 0 Å². The van der Waals surface area contributed by atoms with Crippen LogP contribution in [0.4, 0.5) is 0 Å². The molecule has 2 aromatic rings.